The lowest BCUT2D eigenvalue weighted by Crippen LogP contribution is -2.23. The van der Waals surface area contributed by atoms with E-state index in [0.717, 1.165) is 5.69 Å². The van der Waals surface area contributed by atoms with Crippen LogP contribution in [0.5, 0.6) is 0 Å². The molecule has 0 amide bonds. The topological polar surface area (TPSA) is 47.3 Å². The Balaban J connectivity index is 2.37. The molecular weight excluding hydrogens is 204 g/mol. The van der Waals surface area contributed by atoms with E-state index in [2.05, 4.69) is 18.9 Å². The predicted octanol–water partition coefficient (Wildman–Crippen LogP) is 2.00. The number of nitrogens with zero attached hydrogens (tertiary/aromatic N) is 2. The van der Waals surface area contributed by atoms with Gasteiger partial charge in [0.1, 0.15) is 0 Å². The van der Waals surface area contributed by atoms with Crippen LogP contribution in [0.25, 0.3) is 0 Å². The van der Waals surface area contributed by atoms with Crippen LogP contribution in [0.4, 0.5) is 0 Å². The van der Waals surface area contributed by atoms with E-state index in [1.165, 1.54) is 0 Å². The van der Waals surface area contributed by atoms with Crippen LogP contribution in [0.2, 0.25) is 0 Å². The maximum absolute atomic E-state index is 9.07. The molecule has 1 rings (SSSR count). The lowest BCUT2D eigenvalue weighted by molar-refractivity contribution is 0.0184. The first-order valence-electron chi connectivity index (χ1n) is 5.67. The van der Waals surface area contributed by atoms with Gasteiger partial charge in [0.25, 0.3) is 0 Å². The van der Waals surface area contributed by atoms with E-state index in [9.17, 15) is 0 Å². The fraction of sp³-hybridized carbons (Fsp3) is 0.750. The number of hydrogen-bond donors (Lipinski definition) is 1. The standard InChI is InChI=1S/C12H22N2O2/c1-10(2)14-6-5-11(13-14)7-16-9-12(3,4)8-15/h5-6,10,15H,7-9H2,1-4H3. The molecule has 0 aliphatic carbocycles. The monoisotopic (exact) mass is 226 g/mol. The van der Waals surface area contributed by atoms with Crippen molar-refractivity contribution < 1.29 is 9.84 Å². The Morgan fingerprint density at radius 2 is 2.19 bits per heavy atom. The fourth-order valence-electron chi connectivity index (χ4n) is 1.22. The Hall–Kier alpha value is -0.870. The zero-order valence-corrected chi connectivity index (χ0v) is 10.6. The Kier molecular flexibility index (Phi) is 4.50. The second-order valence-electron chi connectivity index (χ2n) is 5.20. The highest BCUT2D eigenvalue weighted by Crippen LogP contribution is 2.14. The fourth-order valence-corrected chi connectivity index (χ4v) is 1.22. The van der Waals surface area contributed by atoms with Crippen molar-refractivity contribution in [1.82, 2.24) is 9.78 Å². The molecule has 0 saturated heterocycles. The molecule has 0 saturated carbocycles. The zero-order chi connectivity index (χ0) is 12.2. The van der Waals surface area contributed by atoms with Gasteiger partial charge in [-0.2, -0.15) is 5.10 Å². The molecular formula is C12H22N2O2. The first-order valence-corrected chi connectivity index (χ1v) is 5.67. The van der Waals surface area contributed by atoms with Crippen LogP contribution in [0.1, 0.15) is 39.4 Å². The molecule has 0 unspecified atom stereocenters. The SMILES string of the molecule is CC(C)n1ccc(COCC(C)(C)CO)n1. The van der Waals surface area contributed by atoms with Gasteiger partial charge in [-0.25, -0.2) is 0 Å². The Morgan fingerprint density at radius 1 is 1.50 bits per heavy atom. The molecule has 16 heavy (non-hydrogen) atoms. The second kappa shape index (κ2) is 5.46. The van der Waals surface area contributed by atoms with Gasteiger partial charge in [-0.05, 0) is 19.9 Å². The molecule has 4 heteroatoms. The molecule has 1 aromatic heterocycles. The molecule has 0 fully saturated rings. The molecule has 1 aromatic rings. The summed E-state index contributed by atoms with van der Waals surface area (Å²) in [6, 6.07) is 2.34. The van der Waals surface area contributed by atoms with Gasteiger partial charge in [0.15, 0.2) is 0 Å². The molecule has 92 valence electrons. The van der Waals surface area contributed by atoms with E-state index in [4.69, 9.17) is 9.84 Å². The highest BCUT2D eigenvalue weighted by atomic mass is 16.5. The molecule has 0 aliphatic heterocycles. The average molecular weight is 226 g/mol. The van der Waals surface area contributed by atoms with Crippen molar-refractivity contribution in [3.8, 4) is 0 Å². The molecule has 0 atom stereocenters. The van der Waals surface area contributed by atoms with Crippen LogP contribution in [0.3, 0.4) is 0 Å². The lowest BCUT2D eigenvalue weighted by Gasteiger charge is -2.20. The van der Waals surface area contributed by atoms with E-state index >= 15 is 0 Å². The summed E-state index contributed by atoms with van der Waals surface area (Å²) in [5.41, 5.74) is 0.753. The Bertz CT molecular complexity index is 319. The minimum absolute atomic E-state index is 0.132. The number of ether oxygens (including phenoxy) is 1. The molecule has 0 bridgehead atoms. The van der Waals surface area contributed by atoms with Gasteiger partial charge in [0.2, 0.25) is 0 Å². The van der Waals surface area contributed by atoms with E-state index in [0.29, 0.717) is 19.3 Å². The minimum atomic E-state index is -0.180. The van der Waals surface area contributed by atoms with Crippen LogP contribution >= 0.6 is 0 Å². The third-order valence-electron chi connectivity index (χ3n) is 2.36. The van der Waals surface area contributed by atoms with Crippen molar-refractivity contribution in [2.24, 2.45) is 5.41 Å². The van der Waals surface area contributed by atoms with E-state index in [1.54, 1.807) is 0 Å². The molecule has 0 aromatic carbocycles. The summed E-state index contributed by atoms with van der Waals surface area (Å²) in [6.07, 6.45) is 1.96. The maximum atomic E-state index is 9.07. The van der Waals surface area contributed by atoms with Crippen molar-refractivity contribution in [1.29, 1.82) is 0 Å². The van der Waals surface area contributed by atoms with Crippen LogP contribution in [-0.2, 0) is 11.3 Å². The number of aromatic nitrogens is 2. The number of rotatable bonds is 6. The first-order chi connectivity index (χ1) is 7.44. The third kappa shape index (κ3) is 3.94. The summed E-state index contributed by atoms with van der Waals surface area (Å²) < 4.78 is 7.45. The quantitative estimate of drug-likeness (QED) is 0.807. The van der Waals surface area contributed by atoms with Crippen molar-refractivity contribution in [3.05, 3.63) is 18.0 Å². The summed E-state index contributed by atoms with van der Waals surface area (Å²) in [5, 5.41) is 13.5. The van der Waals surface area contributed by atoms with Crippen molar-refractivity contribution in [2.45, 2.75) is 40.3 Å². The smallest absolute Gasteiger partial charge is 0.0906 e. The average Bonchev–Trinajstić information content (AvgIpc) is 2.66. The summed E-state index contributed by atoms with van der Waals surface area (Å²) in [4.78, 5) is 0. The van der Waals surface area contributed by atoms with Crippen molar-refractivity contribution in [3.63, 3.8) is 0 Å². The second-order valence-corrected chi connectivity index (χ2v) is 5.20. The highest BCUT2D eigenvalue weighted by Gasteiger charge is 2.16. The number of hydrogen-bond acceptors (Lipinski definition) is 3. The van der Waals surface area contributed by atoms with Gasteiger partial charge in [-0.1, -0.05) is 13.8 Å². The van der Waals surface area contributed by atoms with Crippen molar-refractivity contribution in [2.75, 3.05) is 13.2 Å². The van der Waals surface area contributed by atoms with Gasteiger partial charge in [-0.3, -0.25) is 4.68 Å². The minimum Gasteiger partial charge on any atom is -0.396 e. The third-order valence-corrected chi connectivity index (χ3v) is 2.36. The molecule has 1 N–H and O–H groups in total. The van der Waals surface area contributed by atoms with Crippen LogP contribution in [0.15, 0.2) is 12.3 Å². The predicted molar refractivity (Wildman–Crippen MR) is 63.1 cm³/mol. The van der Waals surface area contributed by atoms with E-state index < -0.39 is 0 Å². The van der Waals surface area contributed by atoms with E-state index in [-0.39, 0.29) is 12.0 Å². The zero-order valence-electron chi connectivity index (χ0n) is 10.6. The normalized spacial score (nSPS) is 12.4. The van der Waals surface area contributed by atoms with Gasteiger partial charge in [0, 0.05) is 17.7 Å². The molecule has 1 heterocycles. The highest BCUT2D eigenvalue weighted by molar-refractivity contribution is 4.97. The molecule has 0 spiro atoms. The van der Waals surface area contributed by atoms with Crippen LogP contribution in [-0.4, -0.2) is 28.1 Å². The number of aliphatic hydroxyl groups is 1. The van der Waals surface area contributed by atoms with Crippen LogP contribution < -0.4 is 0 Å². The molecule has 4 nitrogen and oxygen atoms in total. The van der Waals surface area contributed by atoms with Gasteiger partial charge in [-0.15, -0.1) is 0 Å². The molecule has 0 aliphatic rings. The van der Waals surface area contributed by atoms with Crippen molar-refractivity contribution >= 4 is 0 Å². The summed E-state index contributed by atoms with van der Waals surface area (Å²) >= 11 is 0. The summed E-state index contributed by atoms with van der Waals surface area (Å²) in [6.45, 7) is 9.30. The first kappa shape index (κ1) is 13.2. The molecule has 0 radical (unpaired) electrons. The maximum Gasteiger partial charge on any atom is 0.0906 e. The largest absolute Gasteiger partial charge is 0.396 e. The summed E-state index contributed by atoms with van der Waals surface area (Å²) in [5.74, 6) is 0. The van der Waals surface area contributed by atoms with Crippen LogP contribution in [0, 0.1) is 5.41 Å². The Labute approximate surface area is 97.2 Å². The lowest BCUT2D eigenvalue weighted by atomic mass is 9.97. The Morgan fingerprint density at radius 3 is 2.69 bits per heavy atom. The van der Waals surface area contributed by atoms with E-state index in [1.807, 2.05) is 30.8 Å². The summed E-state index contributed by atoms with van der Waals surface area (Å²) in [7, 11) is 0. The van der Waals surface area contributed by atoms with Gasteiger partial charge >= 0.3 is 0 Å². The van der Waals surface area contributed by atoms with Gasteiger partial charge < -0.3 is 9.84 Å². The number of aliphatic hydroxyl groups excluding tert-OH is 1. The van der Waals surface area contributed by atoms with Gasteiger partial charge in [0.05, 0.1) is 25.5 Å².